The molecule has 1 fully saturated rings. The number of ether oxygens (including phenoxy) is 1. The molecule has 2 rings (SSSR count). The summed E-state index contributed by atoms with van der Waals surface area (Å²) in [6, 6.07) is 8.89. The number of piperidine rings is 1. The third kappa shape index (κ3) is 5.56. The van der Waals surface area contributed by atoms with Crippen LogP contribution < -0.4 is 5.32 Å². The molecule has 1 aliphatic rings. The number of hydrogen-bond donors (Lipinski definition) is 1. The standard InChI is InChI=1S/C20H30N2O3/c1-14-6-5-7-15(2)22(14)13-18-10-8-17(9-11-18)12-19(20(24)25-4)21-16(3)23/h8-11,14-15,19H,5-7,12-13H2,1-4H3,(H,21,23)/t14-,15+,19?. The highest BCUT2D eigenvalue weighted by molar-refractivity contribution is 5.83. The van der Waals surface area contributed by atoms with Gasteiger partial charge in [0, 0.05) is 32.0 Å². The molecule has 0 aromatic heterocycles. The molecule has 5 nitrogen and oxygen atoms in total. The van der Waals surface area contributed by atoms with Gasteiger partial charge in [0.1, 0.15) is 6.04 Å². The molecule has 0 aliphatic carbocycles. The number of likely N-dealkylation sites (tertiary alicyclic amines) is 1. The van der Waals surface area contributed by atoms with Crippen molar-refractivity contribution in [3.63, 3.8) is 0 Å². The Morgan fingerprint density at radius 1 is 1.16 bits per heavy atom. The van der Waals surface area contributed by atoms with E-state index < -0.39 is 12.0 Å². The van der Waals surface area contributed by atoms with Crippen LogP contribution in [-0.4, -0.2) is 42.0 Å². The Morgan fingerprint density at radius 3 is 2.24 bits per heavy atom. The van der Waals surface area contributed by atoms with Crippen molar-refractivity contribution in [1.82, 2.24) is 10.2 Å². The molecule has 1 aromatic rings. The summed E-state index contributed by atoms with van der Waals surface area (Å²) in [5.41, 5.74) is 2.28. The summed E-state index contributed by atoms with van der Waals surface area (Å²) < 4.78 is 4.77. The molecule has 0 radical (unpaired) electrons. The number of esters is 1. The zero-order valence-electron chi connectivity index (χ0n) is 15.7. The molecule has 3 atom stereocenters. The maximum atomic E-state index is 11.8. The summed E-state index contributed by atoms with van der Waals surface area (Å²) in [5.74, 6) is -0.657. The highest BCUT2D eigenvalue weighted by Gasteiger charge is 2.24. The van der Waals surface area contributed by atoms with Crippen LogP contribution in [0.2, 0.25) is 0 Å². The van der Waals surface area contributed by atoms with Gasteiger partial charge in [-0.15, -0.1) is 0 Å². The monoisotopic (exact) mass is 346 g/mol. The van der Waals surface area contributed by atoms with Crippen molar-refractivity contribution in [2.75, 3.05) is 7.11 Å². The molecule has 1 amide bonds. The van der Waals surface area contributed by atoms with Crippen molar-refractivity contribution in [2.24, 2.45) is 0 Å². The minimum Gasteiger partial charge on any atom is -0.467 e. The number of rotatable bonds is 6. The zero-order chi connectivity index (χ0) is 18.4. The van der Waals surface area contributed by atoms with Crippen molar-refractivity contribution in [3.8, 4) is 0 Å². The van der Waals surface area contributed by atoms with E-state index in [4.69, 9.17) is 4.74 Å². The average Bonchev–Trinajstić information content (AvgIpc) is 2.58. The Hall–Kier alpha value is -1.88. The van der Waals surface area contributed by atoms with E-state index in [-0.39, 0.29) is 5.91 Å². The second-order valence-corrected chi connectivity index (χ2v) is 7.10. The Morgan fingerprint density at radius 2 is 1.72 bits per heavy atom. The first-order chi connectivity index (χ1) is 11.9. The maximum absolute atomic E-state index is 11.8. The lowest BCUT2D eigenvalue weighted by Gasteiger charge is -2.39. The first-order valence-corrected chi connectivity index (χ1v) is 9.09. The average molecular weight is 346 g/mol. The molecule has 0 spiro atoms. The van der Waals surface area contributed by atoms with Crippen LogP contribution in [0.15, 0.2) is 24.3 Å². The third-order valence-electron chi connectivity index (χ3n) is 5.07. The summed E-state index contributed by atoms with van der Waals surface area (Å²) in [6.07, 6.45) is 4.28. The quantitative estimate of drug-likeness (QED) is 0.805. The van der Waals surface area contributed by atoms with E-state index in [0.717, 1.165) is 12.1 Å². The normalized spacial score (nSPS) is 22.2. The van der Waals surface area contributed by atoms with Crippen molar-refractivity contribution in [1.29, 1.82) is 0 Å². The number of carbonyl (C=O) groups excluding carboxylic acids is 2. The van der Waals surface area contributed by atoms with Crippen LogP contribution in [0.1, 0.15) is 51.2 Å². The van der Waals surface area contributed by atoms with Crippen LogP contribution >= 0.6 is 0 Å². The van der Waals surface area contributed by atoms with Crippen LogP contribution in [0, 0.1) is 0 Å². The highest BCUT2D eigenvalue weighted by Crippen LogP contribution is 2.24. The molecule has 138 valence electrons. The first-order valence-electron chi connectivity index (χ1n) is 9.09. The fourth-order valence-electron chi connectivity index (χ4n) is 3.59. The van der Waals surface area contributed by atoms with Crippen LogP contribution in [0.4, 0.5) is 0 Å². The summed E-state index contributed by atoms with van der Waals surface area (Å²) in [4.78, 5) is 25.6. The van der Waals surface area contributed by atoms with E-state index in [2.05, 4.69) is 36.2 Å². The third-order valence-corrected chi connectivity index (χ3v) is 5.07. The molecule has 1 aromatic carbocycles. The Balaban J connectivity index is 2.00. The second kappa shape index (κ2) is 8.99. The molecular weight excluding hydrogens is 316 g/mol. The van der Waals surface area contributed by atoms with E-state index in [1.165, 1.54) is 38.9 Å². The second-order valence-electron chi connectivity index (χ2n) is 7.10. The molecular formula is C20H30N2O3. The van der Waals surface area contributed by atoms with Gasteiger partial charge in [-0.3, -0.25) is 9.69 Å². The van der Waals surface area contributed by atoms with Gasteiger partial charge in [-0.25, -0.2) is 4.79 Å². The lowest BCUT2D eigenvalue weighted by molar-refractivity contribution is -0.144. The number of nitrogens with zero attached hydrogens (tertiary/aromatic N) is 1. The van der Waals surface area contributed by atoms with Crippen molar-refractivity contribution < 1.29 is 14.3 Å². The molecule has 1 heterocycles. The maximum Gasteiger partial charge on any atom is 0.328 e. The Bertz CT molecular complexity index is 575. The predicted octanol–water partition coefficient (Wildman–Crippen LogP) is 2.67. The molecule has 0 bridgehead atoms. The van der Waals surface area contributed by atoms with Crippen LogP contribution in [-0.2, 0) is 27.3 Å². The van der Waals surface area contributed by atoms with Crippen LogP contribution in [0.5, 0.6) is 0 Å². The van der Waals surface area contributed by atoms with E-state index in [1.807, 2.05) is 12.1 Å². The van der Waals surface area contributed by atoms with Gasteiger partial charge >= 0.3 is 5.97 Å². The lowest BCUT2D eigenvalue weighted by atomic mass is 9.96. The molecule has 1 unspecified atom stereocenters. The van der Waals surface area contributed by atoms with Gasteiger partial charge in [0.25, 0.3) is 0 Å². The number of amides is 1. The van der Waals surface area contributed by atoms with E-state index >= 15 is 0 Å². The van der Waals surface area contributed by atoms with Gasteiger partial charge in [0.2, 0.25) is 5.91 Å². The first kappa shape index (κ1) is 19.4. The van der Waals surface area contributed by atoms with Gasteiger partial charge in [-0.1, -0.05) is 30.7 Å². The molecule has 25 heavy (non-hydrogen) atoms. The number of hydrogen-bond acceptors (Lipinski definition) is 4. The van der Waals surface area contributed by atoms with E-state index in [0.29, 0.717) is 18.5 Å². The zero-order valence-corrected chi connectivity index (χ0v) is 15.7. The fraction of sp³-hybridized carbons (Fsp3) is 0.600. The van der Waals surface area contributed by atoms with Gasteiger partial charge < -0.3 is 10.1 Å². The summed E-state index contributed by atoms with van der Waals surface area (Å²) in [7, 11) is 1.33. The van der Waals surface area contributed by atoms with Crippen LogP contribution in [0.25, 0.3) is 0 Å². The molecule has 1 N–H and O–H groups in total. The van der Waals surface area contributed by atoms with Crippen molar-refractivity contribution in [2.45, 2.75) is 71.1 Å². The Labute approximate surface area is 150 Å². The summed E-state index contributed by atoms with van der Waals surface area (Å²) in [5, 5.41) is 2.65. The lowest BCUT2D eigenvalue weighted by Crippen LogP contribution is -2.43. The number of methoxy groups -OCH3 is 1. The van der Waals surface area contributed by atoms with Gasteiger partial charge in [0.05, 0.1) is 7.11 Å². The minimum absolute atomic E-state index is 0.236. The number of nitrogens with one attached hydrogen (secondary N) is 1. The number of carbonyl (C=O) groups is 2. The smallest absolute Gasteiger partial charge is 0.328 e. The van der Waals surface area contributed by atoms with Gasteiger partial charge in [-0.05, 0) is 37.8 Å². The summed E-state index contributed by atoms with van der Waals surface area (Å²) in [6.45, 7) is 6.96. The van der Waals surface area contributed by atoms with Gasteiger partial charge in [-0.2, -0.15) is 0 Å². The van der Waals surface area contributed by atoms with Crippen molar-refractivity contribution >= 4 is 11.9 Å². The van der Waals surface area contributed by atoms with E-state index in [9.17, 15) is 9.59 Å². The van der Waals surface area contributed by atoms with E-state index in [1.54, 1.807) is 0 Å². The Kier molecular flexibility index (Phi) is 7.00. The highest BCUT2D eigenvalue weighted by atomic mass is 16.5. The molecule has 1 aliphatic heterocycles. The molecule has 0 saturated carbocycles. The summed E-state index contributed by atoms with van der Waals surface area (Å²) >= 11 is 0. The predicted molar refractivity (Wildman–Crippen MR) is 98.1 cm³/mol. The fourth-order valence-corrected chi connectivity index (χ4v) is 3.59. The SMILES string of the molecule is COC(=O)C(Cc1ccc(CN2[C@H](C)CCC[C@@H]2C)cc1)NC(C)=O. The molecule has 5 heteroatoms. The number of benzene rings is 1. The minimum atomic E-state index is -0.643. The van der Waals surface area contributed by atoms with Gasteiger partial charge in [0.15, 0.2) is 0 Å². The molecule has 1 saturated heterocycles. The van der Waals surface area contributed by atoms with Crippen LogP contribution in [0.3, 0.4) is 0 Å². The topological polar surface area (TPSA) is 58.6 Å². The van der Waals surface area contributed by atoms with Crippen molar-refractivity contribution in [3.05, 3.63) is 35.4 Å². The largest absolute Gasteiger partial charge is 0.467 e.